The summed E-state index contributed by atoms with van der Waals surface area (Å²) in [4.78, 5) is 3.93. The maximum atomic E-state index is 13.3. The van der Waals surface area contributed by atoms with Gasteiger partial charge >= 0.3 is 0 Å². The molecule has 3 aromatic rings. The summed E-state index contributed by atoms with van der Waals surface area (Å²) >= 11 is 3.22. The number of halogens is 2. The van der Waals surface area contributed by atoms with Crippen LogP contribution in [0.2, 0.25) is 0 Å². The molecule has 0 bridgehead atoms. The Morgan fingerprint density at radius 1 is 1.23 bits per heavy atom. The van der Waals surface area contributed by atoms with Crippen molar-refractivity contribution in [3.63, 3.8) is 0 Å². The van der Waals surface area contributed by atoms with Crippen LogP contribution < -0.4 is 5.32 Å². The highest BCUT2D eigenvalue weighted by Gasteiger charge is 2.09. The molecule has 1 unspecified atom stereocenters. The molecular weight excluding hydrogens is 347 g/mol. The summed E-state index contributed by atoms with van der Waals surface area (Å²) in [5.41, 5.74) is 2.91. The molecule has 1 aromatic heterocycles. The lowest BCUT2D eigenvalue weighted by atomic mass is 10.1. The highest BCUT2D eigenvalue weighted by atomic mass is 79.9. The minimum Gasteiger partial charge on any atom is -0.444 e. The first-order chi connectivity index (χ1) is 10.6. The number of hydrogen-bond donors (Lipinski definition) is 1. The van der Waals surface area contributed by atoms with E-state index >= 15 is 0 Å². The Morgan fingerprint density at radius 2 is 2.09 bits per heavy atom. The third-order valence-corrected chi connectivity index (χ3v) is 4.01. The number of benzene rings is 2. The van der Waals surface area contributed by atoms with E-state index in [0.717, 1.165) is 22.6 Å². The quantitative estimate of drug-likeness (QED) is 0.675. The third kappa shape index (κ3) is 3.20. The molecule has 1 atom stereocenters. The fourth-order valence-corrected chi connectivity index (χ4v) is 2.63. The van der Waals surface area contributed by atoms with Crippen molar-refractivity contribution in [3.8, 4) is 11.3 Å². The van der Waals surface area contributed by atoms with Crippen molar-refractivity contribution in [2.24, 2.45) is 0 Å². The number of anilines is 1. The van der Waals surface area contributed by atoms with Gasteiger partial charge in [0, 0.05) is 17.3 Å². The summed E-state index contributed by atoms with van der Waals surface area (Å²) in [7, 11) is 0. The molecule has 1 heterocycles. The molecule has 112 valence electrons. The Morgan fingerprint density at radius 3 is 2.82 bits per heavy atom. The Kier molecular flexibility index (Phi) is 4.24. The van der Waals surface area contributed by atoms with Gasteiger partial charge in [0.05, 0.1) is 10.7 Å². The lowest BCUT2D eigenvalue weighted by Crippen LogP contribution is -2.06. The summed E-state index contributed by atoms with van der Waals surface area (Å²) in [6.07, 6.45) is 3.09. The molecule has 0 aliphatic rings. The lowest BCUT2D eigenvalue weighted by molar-refractivity contribution is 0.572. The van der Waals surface area contributed by atoms with Gasteiger partial charge in [0.2, 0.25) is 0 Å². The Hall–Kier alpha value is -2.14. The molecule has 0 saturated heterocycles. The number of nitrogens with zero attached hydrogens (tertiary/aromatic N) is 1. The van der Waals surface area contributed by atoms with Crippen molar-refractivity contribution in [2.45, 2.75) is 13.0 Å². The largest absolute Gasteiger partial charge is 0.444 e. The normalized spacial score (nSPS) is 12.1. The highest BCUT2D eigenvalue weighted by Crippen LogP contribution is 2.27. The molecule has 2 aromatic carbocycles. The summed E-state index contributed by atoms with van der Waals surface area (Å²) in [5, 5.41) is 3.40. The predicted octanol–water partition coefficient (Wildman–Crippen LogP) is 5.42. The van der Waals surface area contributed by atoms with Crippen LogP contribution >= 0.6 is 15.9 Å². The zero-order valence-corrected chi connectivity index (χ0v) is 13.5. The van der Waals surface area contributed by atoms with Crippen LogP contribution in [-0.4, -0.2) is 4.98 Å². The second kappa shape index (κ2) is 6.32. The topological polar surface area (TPSA) is 38.1 Å². The number of rotatable bonds is 4. The average molecular weight is 361 g/mol. The van der Waals surface area contributed by atoms with Crippen LogP contribution in [0.15, 0.2) is 63.9 Å². The Bertz CT molecular complexity index is 774. The van der Waals surface area contributed by atoms with Gasteiger partial charge in [-0.3, -0.25) is 0 Å². The zero-order chi connectivity index (χ0) is 15.5. The van der Waals surface area contributed by atoms with E-state index in [9.17, 15) is 4.39 Å². The first-order valence-electron chi connectivity index (χ1n) is 6.84. The zero-order valence-electron chi connectivity index (χ0n) is 11.9. The number of hydrogen-bond acceptors (Lipinski definition) is 3. The molecule has 3 rings (SSSR count). The Balaban J connectivity index is 1.80. The maximum Gasteiger partial charge on any atom is 0.181 e. The molecule has 0 aliphatic heterocycles. The molecular formula is C17H14BrFN2O. The van der Waals surface area contributed by atoms with Crippen LogP contribution in [0, 0.1) is 5.82 Å². The first kappa shape index (κ1) is 14.8. The molecule has 0 saturated carbocycles. The SMILES string of the molecule is CC(Nc1cccc(-c2cnco2)c1)c1ccc(F)c(Br)c1. The van der Waals surface area contributed by atoms with Gasteiger partial charge in [-0.25, -0.2) is 9.37 Å². The molecule has 1 N–H and O–H groups in total. The second-order valence-electron chi connectivity index (χ2n) is 4.99. The lowest BCUT2D eigenvalue weighted by Gasteiger charge is -2.16. The van der Waals surface area contributed by atoms with Crippen LogP contribution in [0.1, 0.15) is 18.5 Å². The van der Waals surface area contributed by atoms with Gasteiger partial charge in [0.15, 0.2) is 12.2 Å². The van der Waals surface area contributed by atoms with Gasteiger partial charge in [-0.1, -0.05) is 18.2 Å². The van der Waals surface area contributed by atoms with Crippen LogP contribution in [0.25, 0.3) is 11.3 Å². The molecule has 22 heavy (non-hydrogen) atoms. The van der Waals surface area contributed by atoms with Gasteiger partial charge in [-0.15, -0.1) is 0 Å². The fourth-order valence-electron chi connectivity index (χ4n) is 2.24. The molecule has 3 nitrogen and oxygen atoms in total. The summed E-state index contributed by atoms with van der Waals surface area (Å²) in [6.45, 7) is 2.03. The van der Waals surface area contributed by atoms with Crippen LogP contribution in [-0.2, 0) is 0 Å². The van der Waals surface area contributed by atoms with Crippen molar-refractivity contribution >= 4 is 21.6 Å². The highest BCUT2D eigenvalue weighted by molar-refractivity contribution is 9.10. The molecule has 0 amide bonds. The van der Waals surface area contributed by atoms with Gasteiger partial charge in [0.25, 0.3) is 0 Å². The second-order valence-corrected chi connectivity index (χ2v) is 5.84. The van der Waals surface area contributed by atoms with Crippen molar-refractivity contribution in [1.29, 1.82) is 0 Å². The Labute approximate surface area is 136 Å². The third-order valence-electron chi connectivity index (χ3n) is 3.41. The van der Waals surface area contributed by atoms with Crippen molar-refractivity contribution in [2.75, 3.05) is 5.32 Å². The fraction of sp³-hybridized carbons (Fsp3) is 0.118. The summed E-state index contributed by atoms with van der Waals surface area (Å²) < 4.78 is 19.1. The van der Waals surface area contributed by atoms with Gasteiger partial charge < -0.3 is 9.73 Å². The van der Waals surface area contributed by atoms with Gasteiger partial charge in [-0.2, -0.15) is 0 Å². The van der Waals surface area contributed by atoms with Crippen molar-refractivity contribution < 1.29 is 8.81 Å². The van der Waals surface area contributed by atoms with E-state index in [1.165, 1.54) is 12.5 Å². The van der Waals surface area contributed by atoms with E-state index in [4.69, 9.17) is 4.42 Å². The summed E-state index contributed by atoms with van der Waals surface area (Å²) in [6, 6.07) is 13.0. The van der Waals surface area contributed by atoms with Gasteiger partial charge in [-0.05, 0) is 52.7 Å². The smallest absolute Gasteiger partial charge is 0.181 e. The predicted molar refractivity (Wildman–Crippen MR) is 88.1 cm³/mol. The summed E-state index contributed by atoms with van der Waals surface area (Å²) in [5.74, 6) is 0.462. The molecule has 0 fully saturated rings. The van der Waals surface area contributed by atoms with Crippen LogP contribution in [0.4, 0.5) is 10.1 Å². The molecule has 0 radical (unpaired) electrons. The average Bonchev–Trinajstić information content (AvgIpc) is 3.04. The first-order valence-corrected chi connectivity index (χ1v) is 7.63. The van der Waals surface area contributed by atoms with E-state index in [1.54, 1.807) is 18.3 Å². The number of aromatic nitrogens is 1. The standard InChI is InChI=1S/C17H14BrFN2O/c1-11(12-5-6-16(19)15(18)8-12)21-14-4-2-3-13(7-14)17-9-20-10-22-17/h2-11,21H,1H3. The van der Waals surface area contributed by atoms with E-state index in [1.807, 2.05) is 31.2 Å². The monoisotopic (exact) mass is 360 g/mol. The van der Waals surface area contributed by atoms with E-state index < -0.39 is 0 Å². The van der Waals surface area contributed by atoms with E-state index in [0.29, 0.717) is 4.47 Å². The molecule has 0 spiro atoms. The minimum absolute atomic E-state index is 0.0434. The number of nitrogens with one attached hydrogen (secondary N) is 1. The molecule has 5 heteroatoms. The minimum atomic E-state index is -0.261. The van der Waals surface area contributed by atoms with Gasteiger partial charge in [0.1, 0.15) is 5.82 Å². The van der Waals surface area contributed by atoms with E-state index in [2.05, 4.69) is 26.2 Å². The van der Waals surface area contributed by atoms with Crippen molar-refractivity contribution in [3.05, 3.63) is 70.9 Å². The maximum absolute atomic E-state index is 13.3. The van der Waals surface area contributed by atoms with Crippen LogP contribution in [0.3, 0.4) is 0 Å². The van der Waals surface area contributed by atoms with E-state index in [-0.39, 0.29) is 11.9 Å². The molecule has 0 aliphatic carbocycles. The van der Waals surface area contributed by atoms with Crippen LogP contribution in [0.5, 0.6) is 0 Å². The number of oxazole rings is 1. The van der Waals surface area contributed by atoms with Crippen molar-refractivity contribution in [1.82, 2.24) is 4.98 Å².